The summed E-state index contributed by atoms with van der Waals surface area (Å²) < 4.78 is 16.2. The van der Waals surface area contributed by atoms with Gasteiger partial charge < -0.3 is 24.0 Å². The smallest absolute Gasteiger partial charge is 0.253 e. The van der Waals surface area contributed by atoms with E-state index in [0.29, 0.717) is 29.4 Å². The van der Waals surface area contributed by atoms with E-state index in [0.717, 1.165) is 11.3 Å². The average Bonchev–Trinajstić information content (AvgIpc) is 2.66. The lowest BCUT2D eigenvalue weighted by Gasteiger charge is -2.21. The number of benzene rings is 2. The summed E-state index contributed by atoms with van der Waals surface area (Å²) in [5.74, 6) is 1.60. The standard InChI is InChI=1S/C20H26N2O4/c1-21(2)16-10-7-14(8-11-16)20(23)22(3)13-15-9-12-17(24-4)19(26-6)18(15)25-5/h7-12H,13H2,1-6H3. The molecule has 0 atom stereocenters. The van der Waals surface area contributed by atoms with Gasteiger partial charge in [-0.05, 0) is 36.4 Å². The number of methoxy groups -OCH3 is 3. The van der Waals surface area contributed by atoms with Crippen molar-refractivity contribution >= 4 is 11.6 Å². The zero-order valence-electron chi connectivity index (χ0n) is 16.2. The normalized spacial score (nSPS) is 10.2. The summed E-state index contributed by atoms with van der Waals surface area (Å²) in [4.78, 5) is 16.4. The van der Waals surface area contributed by atoms with Crippen molar-refractivity contribution in [1.82, 2.24) is 4.90 Å². The zero-order chi connectivity index (χ0) is 19.3. The number of amides is 1. The van der Waals surface area contributed by atoms with Gasteiger partial charge in [-0.2, -0.15) is 0 Å². The highest BCUT2D eigenvalue weighted by atomic mass is 16.5. The first-order chi connectivity index (χ1) is 12.4. The lowest BCUT2D eigenvalue weighted by Crippen LogP contribution is -2.26. The molecule has 0 aliphatic heterocycles. The van der Waals surface area contributed by atoms with Crippen LogP contribution in [0.25, 0.3) is 0 Å². The molecule has 0 saturated carbocycles. The van der Waals surface area contributed by atoms with Gasteiger partial charge in [-0.1, -0.05) is 0 Å². The van der Waals surface area contributed by atoms with Crippen molar-refractivity contribution < 1.29 is 19.0 Å². The Kier molecular flexibility index (Phi) is 6.33. The van der Waals surface area contributed by atoms with Crippen LogP contribution in [0, 0.1) is 0 Å². The van der Waals surface area contributed by atoms with Crippen LogP contribution in [-0.4, -0.2) is 53.3 Å². The molecule has 2 aromatic carbocycles. The number of hydrogen-bond acceptors (Lipinski definition) is 5. The summed E-state index contributed by atoms with van der Waals surface area (Å²) in [6, 6.07) is 11.2. The summed E-state index contributed by atoms with van der Waals surface area (Å²) in [6.45, 7) is 0.387. The van der Waals surface area contributed by atoms with Crippen molar-refractivity contribution in [2.24, 2.45) is 0 Å². The van der Waals surface area contributed by atoms with Crippen LogP contribution in [0.5, 0.6) is 17.2 Å². The Morgan fingerprint density at radius 2 is 1.46 bits per heavy atom. The molecule has 0 unspecified atom stereocenters. The molecule has 2 aromatic rings. The predicted octanol–water partition coefficient (Wildman–Crippen LogP) is 3.05. The van der Waals surface area contributed by atoms with E-state index in [9.17, 15) is 4.79 Å². The lowest BCUT2D eigenvalue weighted by atomic mass is 10.1. The number of nitrogens with zero attached hydrogens (tertiary/aromatic N) is 2. The van der Waals surface area contributed by atoms with Gasteiger partial charge in [0.1, 0.15) is 0 Å². The molecule has 140 valence electrons. The molecule has 0 bridgehead atoms. The predicted molar refractivity (Wildman–Crippen MR) is 103 cm³/mol. The van der Waals surface area contributed by atoms with Crippen LogP contribution in [0.2, 0.25) is 0 Å². The van der Waals surface area contributed by atoms with Gasteiger partial charge in [0.2, 0.25) is 5.75 Å². The first kappa shape index (κ1) is 19.4. The van der Waals surface area contributed by atoms with Gasteiger partial charge >= 0.3 is 0 Å². The van der Waals surface area contributed by atoms with E-state index >= 15 is 0 Å². The molecule has 0 saturated heterocycles. The van der Waals surface area contributed by atoms with Crippen LogP contribution in [0.4, 0.5) is 5.69 Å². The van der Waals surface area contributed by atoms with Gasteiger partial charge in [-0.3, -0.25) is 4.79 Å². The second kappa shape index (κ2) is 8.47. The third kappa shape index (κ3) is 4.02. The van der Waals surface area contributed by atoms with Gasteiger partial charge in [0.05, 0.1) is 21.3 Å². The van der Waals surface area contributed by atoms with Crippen LogP contribution >= 0.6 is 0 Å². The van der Waals surface area contributed by atoms with Crippen molar-refractivity contribution in [1.29, 1.82) is 0 Å². The highest BCUT2D eigenvalue weighted by Gasteiger charge is 2.19. The summed E-state index contributed by atoms with van der Waals surface area (Å²) in [7, 11) is 10.4. The molecular weight excluding hydrogens is 332 g/mol. The van der Waals surface area contributed by atoms with E-state index in [2.05, 4.69) is 0 Å². The van der Waals surface area contributed by atoms with Crippen LogP contribution in [0.15, 0.2) is 36.4 Å². The molecule has 6 heteroatoms. The van der Waals surface area contributed by atoms with Crippen molar-refractivity contribution in [3.8, 4) is 17.2 Å². The topological polar surface area (TPSA) is 51.2 Å². The van der Waals surface area contributed by atoms with Crippen molar-refractivity contribution in [2.75, 3.05) is 47.4 Å². The second-order valence-corrected chi connectivity index (χ2v) is 6.10. The van der Waals surface area contributed by atoms with Crippen molar-refractivity contribution in [3.05, 3.63) is 47.5 Å². The minimum absolute atomic E-state index is 0.0628. The second-order valence-electron chi connectivity index (χ2n) is 6.10. The van der Waals surface area contributed by atoms with Gasteiger partial charge in [-0.15, -0.1) is 0 Å². The van der Waals surface area contributed by atoms with Crippen LogP contribution < -0.4 is 19.1 Å². The molecule has 1 amide bonds. The maximum atomic E-state index is 12.7. The van der Waals surface area contributed by atoms with Crippen molar-refractivity contribution in [2.45, 2.75) is 6.54 Å². The Morgan fingerprint density at radius 3 is 1.96 bits per heavy atom. The summed E-state index contributed by atoms with van der Waals surface area (Å²) in [5.41, 5.74) is 2.52. The summed E-state index contributed by atoms with van der Waals surface area (Å²) in [6.07, 6.45) is 0. The Bertz CT molecular complexity index is 757. The first-order valence-corrected chi connectivity index (χ1v) is 8.23. The molecule has 0 fully saturated rings. The van der Waals surface area contributed by atoms with Gasteiger partial charge in [-0.25, -0.2) is 0 Å². The van der Waals surface area contributed by atoms with E-state index in [1.807, 2.05) is 49.3 Å². The minimum Gasteiger partial charge on any atom is -0.493 e. The molecule has 6 nitrogen and oxygen atoms in total. The number of ether oxygens (including phenoxy) is 3. The Labute approximate surface area is 154 Å². The number of carbonyl (C=O) groups excluding carboxylic acids is 1. The fraction of sp³-hybridized carbons (Fsp3) is 0.350. The highest BCUT2D eigenvalue weighted by Crippen LogP contribution is 2.40. The number of anilines is 1. The van der Waals surface area contributed by atoms with Crippen LogP contribution in [0.3, 0.4) is 0 Å². The Morgan fingerprint density at radius 1 is 0.846 bits per heavy atom. The molecule has 2 rings (SSSR count). The number of carbonyl (C=O) groups is 1. The Hall–Kier alpha value is -2.89. The lowest BCUT2D eigenvalue weighted by molar-refractivity contribution is 0.0784. The van der Waals surface area contributed by atoms with E-state index in [1.165, 1.54) is 0 Å². The molecule has 0 heterocycles. The van der Waals surface area contributed by atoms with E-state index < -0.39 is 0 Å². The molecule has 26 heavy (non-hydrogen) atoms. The molecule has 0 aliphatic carbocycles. The molecule has 0 spiro atoms. The maximum absolute atomic E-state index is 12.7. The van der Waals surface area contributed by atoms with Crippen molar-refractivity contribution in [3.63, 3.8) is 0 Å². The molecule has 0 radical (unpaired) electrons. The number of hydrogen-bond donors (Lipinski definition) is 0. The highest BCUT2D eigenvalue weighted by molar-refractivity contribution is 5.94. The molecule has 0 aliphatic rings. The maximum Gasteiger partial charge on any atom is 0.253 e. The van der Waals surface area contributed by atoms with Gasteiger partial charge in [0, 0.05) is 44.5 Å². The van der Waals surface area contributed by atoms with Gasteiger partial charge in [0.25, 0.3) is 5.91 Å². The summed E-state index contributed by atoms with van der Waals surface area (Å²) >= 11 is 0. The minimum atomic E-state index is -0.0628. The molecule has 0 N–H and O–H groups in total. The monoisotopic (exact) mass is 358 g/mol. The molecule has 0 aromatic heterocycles. The Balaban J connectivity index is 2.23. The fourth-order valence-corrected chi connectivity index (χ4v) is 2.74. The van der Waals surface area contributed by atoms with E-state index in [-0.39, 0.29) is 5.91 Å². The summed E-state index contributed by atoms with van der Waals surface area (Å²) in [5, 5.41) is 0. The zero-order valence-corrected chi connectivity index (χ0v) is 16.2. The average molecular weight is 358 g/mol. The number of rotatable bonds is 7. The third-order valence-corrected chi connectivity index (χ3v) is 4.17. The SMILES string of the molecule is COc1ccc(CN(C)C(=O)c2ccc(N(C)C)cc2)c(OC)c1OC. The fourth-order valence-electron chi connectivity index (χ4n) is 2.74. The third-order valence-electron chi connectivity index (χ3n) is 4.17. The van der Waals surface area contributed by atoms with E-state index in [1.54, 1.807) is 39.3 Å². The largest absolute Gasteiger partial charge is 0.493 e. The van der Waals surface area contributed by atoms with Gasteiger partial charge in [0.15, 0.2) is 11.5 Å². The quantitative estimate of drug-likeness (QED) is 0.761. The van der Waals surface area contributed by atoms with Crippen LogP contribution in [-0.2, 0) is 6.54 Å². The first-order valence-electron chi connectivity index (χ1n) is 8.23. The van der Waals surface area contributed by atoms with E-state index in [4.69, 9.17) is 14.2 Å². The molecular formula is C20H26N2O4. The van der Waals surface area contributed by atoms with Crippen LogP contribution in [0.1, 0.15) is 15.9 Å².